The van der Waals surface area contributed by atoms with E-state index in [4.69, 9.17) is 9.47 Å². The largest absolute Gasteiger partial charge is 0.550 e. The van der Waals surface area contributed by atoms with E-state index >= 15 is 0 Å². The Bertz CT molecular complexity index is 484. The number of aliphatic carboxylic acids is 1. The van der Waals surface area contributed by atoms with Gasteiger partial charge in [0.05, 0.1) is 30.3 Å². The van der Waals surface area contributed by atoms with Crippen LogP contribution in [0.4, 0.5) is 0 Å². The lowest BCUT2D eigenvalue weighted by molar-refractivity contribution is -0.320. The van der Waals surface area contributed by atoms with E-state index in [-0.39, 0.29) is 6.42 Å². The van der Waals surface area contributed by atoms with Crippen LogP contribution in [0.15, 0.2) is 0 Å². The highest BCUT2D eigenvalue weighted by Crippen LogP contribution is 2.43. The van der Waals surface area contributed by atoms with E-state index in [9.17, 15) is 40.5 Å². The lowest BCUT2D eigenvalue weighted by Gasteiger charge is -2.44. The highest BCUT2D eigenvalue weighted by Gasteiger charge is 2.62. The van der Waals surface area contributed by atoms with E-state index in [1.807, 2.05) is 0 Å². The zero-order valence-electron chi connectivity index (χ0n) is 12.6. The van der Waals surface area contributed by atoms with Crippen LogP contribution in [0.1, 0.15) is 6.42 Å². The molecule has 0 spiro atoms. The maximum absolute atomic E-state index is 11.4. The van der Waals surface area contributed by atoms with Gasteiger partial charge in [-0.1, -0.05) is 0 Å². The molecule has 138 valence electrons. The molecule has 10 heteroatoms. The Kier molecular flexibility index (Phi) is 4.84. The van der Waals surface area contributed by atoms with Crippen LogP contribution >= 0.6 is 0 Å². The first-order valence-corrected chi connectivity index (χ1v) is 7.81. The third-order valence-electron chi connectivity index (χ3n) is 5.23. The minimum Gasteiger partial charge on any atom is -0.550 e. The first-order valence-electron chi connectivity index (χ1n) is 7.81. The Morgan fingerprint density at radius 1 is 1.00 bits per heavy atom. The molecule has 0 aromatic heterocycles. The van der Waals surface area contributed by atoms with Crippen LogP contribution < -0.4 is 5.11 Å². The first-order chi connectivity index (χ1) is 11.3. The highest BCUT2D eigenvalue weighted by molar-refractivity contribution is 5.70. The molecule has 0 amide bonds. The number of ether oxygens (including phenoxy) is 2. The molecule has 11 atom stereocenters. The molecule has 0 bridgehead atoms. The SMILES string of the molecule is O=C([O-])C1C2O[C@H]2C(O)[C@@H](O)[C@@H]1O[C@H]1CC(CO)[C@@H](O)[C@H](O)C1O. The second-order valence-corrected chi connectivity index (χ2v) is 6.68. The quantitative estimate of drug-likeness (QED) is 0.268. The van der Waals surface area contributed by atoms with Crippen molar-refractivity contribution < 1.29 is 50.0 Å². The fourth-order valence-electron chi connectivity index (χ4n) is 3.72. The van der Waals surface area contributed by atoms with Crippen molar-refractivity contribution in [2.45, 2.75) is 61.4 Å². The van der Waals surface area contributed by atoms with Crippen molar-refractivity contribution in [3.63, 3.8) is 0 Å². The Balaban J connectivity index is 1.78. The molecule has 2 aliphatic carbocycles. The molecule has 0 aromatic rings. The molecular formula is C14H21O10-. The van der Waals surface area contributed by atoms with Crippen molar-refractivity contribution in [3.05, 3.63) is 0 Å². The number of aliphatic hydroxyl groups excluding tert-OH is 6. The maximum atomic E-state index is 11.4. The predicted octanol–water partition coefficient (Wildman–Crippen LogP) is -5.30. The van der Waals surface area contributed by atoms with Crippen molar-refractivity contribution >= 4 is 5.97 Å². The molecule has 6 N–H and O–H groups in total. The van der Waals surface area contributed by atoms with Gasteiger partial charge in [-0.3, -0.25) is 0 Å². The van der Waals surface area contributed by atoms with E-state index in [0.29, 0.717) is 0 Å². The van der Waals surface area contributed by atoms with Crippen molar-refractivity contribution in [1.82, 2.24) is 0 Å². The Morgan fingerprint density at radius 2 is 1.67 bits per heavy atom. The van der Waals surface area contributed by atoms with Crippen molar-refractivity contribution in [1.29, 1.82) is 0 Å². The zero-order valence-corrected chi connectivity index (χ0v) is 12.6. The minimum atomic E-state index is -1.60. The third-order valence-corrected chi connectivity index (χ3v) is 5.23. The van der Waals surface area contributed by atoms with Crippen LogP contribution in [-0.2, 0) is 14.3 Å². The smallest absolute Gasteiger partial charge is 0.113 e. The van der Waals surface area contributed by atoms with Crippen LogP contribution in [-0.4, -0.2) is 98.2 Å². The Hall–Kier alpha value is -0.850. The van der Waals surface area contributed by atoms with Gasteiger partial charge in [0, 0.05) is 18.5 Å². The molecule has 3 fully saturated rings. The summed E-state index contributed by atoms with van der Waals surface area (Å²) in [4.78, 5) is 11.4. The van der Waals surface area contributed by atoms with Crippen molar-refractivity contribution in [2.24, 2.45) is 11.8 Å². The van der Waals surface area contributed by atoms with Gasteiger partial charge in [-0.25, -0.2) is 0 Å². The van der Waals surface area contributed by atoms with Gasteiger partial charge in [0.15, 0.2) is 0 Å². The number of hydrogen-bond donors (Lipinski definition) is 6. The predicted molar refractivity (Wildman–Crippen MR) is 71.0 cm³/mol. The van der Waals surface area contributed by atoms with Crippen LogP contribution in [0.5, 0.6) is 0 Å². The molecule has 0 aromatic carbocycles. The summed E-state index contributed by atoms with van der Waals surface area (Å²) in [5.74, 6) is -3.66. The summed E-state index contributed by atoms with van der Waals surface area (Å²) in [6.07, 6.45) is -11.7. The number of rotatable bonds is 4. The average molecular weight is 349 g/mol. The van der Waals surface area contributed by atoms with E-state index in [1.54, 1.807) is 0 Å². The molecule has 3 aliphatic rings. The van der Waals surface area contributed by atoms with Gasteiger partial charge in [-0.2, -0.15) is 0 Å². The van der Waals surface area contributed by atoms with Gasteiger partial charge in [0.2, 0.25) is 0 Å². The van der Waals surface area contributed by atoms with Crippen LogP contribution in [0, 0.1) is 11.8 Å². The van der Waals surface area contributed by atoms with E-state index in [0.717, 1.165) is 0 Å². The summed E-state index contributed by atoms with van der Waals surface area (Å²) in [7, 11) is 0. The van der Waals surface area contributed by atoms with Gasteiger partial charge in [0.25, 0.3) is 0 Å². The van der Waals surface area contributed by atoms with Gasteiger partial charge >= 0.3 is 0 Å². The molecule has 3 rings (SSSR count). The Morgan fingerprint density at radius 3 is 2.25 bits per heavy atom. The highest BCUT2D eigenvalue weighted by atomic mass is 16.6. The number of fused-ring (bicyclic) bond motifs is 1. The second kappa shape index (κ2) is 6.46. The Labute approximate surface area is 136 Å². The van der Waals surface area contributed by atoms with E-state index < -0.39 is 79.3 Å². The standard InChI is InChI=1S/C14H22O10/c15-2-3-1-4(7(17)8(18)6(3)16)23-11-5(14(21)22)12-13(24-12)10(20)9(11)19/h3-13,15-20H,1-2H2,(H,21,22)/p-1/t3?,4-,5?,6+,7?,8-,9+,10?,11+,12?,13-/m0/s1. The van der Waals surface area contributed by atoms with Crippen molar-refractivity contribution in [2.75, 3.05) is 6.61 Å². The second-order valence-electron chi connectivity index (χ2n) is 6.68. The van der Waals surface area contributed by atoms with Crippen LogP contribution in [0.25, 0.3) is 0 Å². The molecule has 1 saturated heterocycles. The lowest BCUT2D eigenvalue weighted by atomic mass is 9.79. The number of hydrogen-bond acceptors (Lipinski definition) is 10. The number of epoxide rings is 1. The summed E-state index contributed by atoms with van der Waals surface area (Å²) in [6, 6.07) is 0. The number of carboxylic acids is 1. The fourth-order valence-corrected chi connectivity index (χ4v) is 3.72. The fraction of sp³-hybridized carbons (Fsp3) is 0.929. The van der Waals surface area contributed by atoms with Gasteiger partial charge in [0.1, 0.15) is 30.5 Å². The summed E-state index contributed by atoms with van der Waals surface area (Å²) in [5, 5.41) is 70.3. The van der Waals surface area contributed by atoms with Gasteiger partial charge in [-0.05, 0) is 6.42 Å². The first kappa shape index (κ1) is 18.0. The lowest BCUT2D eigenvalue weighted by Crippen LogP contribution is -2.61. The van der Waals surface area contributed by atoms with Crippen molar-refractivity contribution in [3.8, 4) is 0 Å². The molecule has 0 radical (unpaired) electrons. The molecule has 2 saturated carbocycles. The van der Waals surface area contributed by atoms with E-state index in [2.05, 4.69) is 0 Å². The number of carbonyl (C=O) groups excluding carboxylic acids is 1. The number of carboxylic acid groups (broad SMARTS) is 1. The molecule has 1 aliphatic heterocycles. The summed E-state index contributed by atoms with van der Waals surface area (Å²) in [5.41, 5.74) is 0. The molecular weight excluding hydrogens is 328 g/mol. The number of aliphatic hydroxyl groups is 6. The zero-order chi connectivity index (χ0) is 17.8. The normalized spacial score (nSPS) is 54.2. The molecule has 5 unspecified atom stereocenters. The molecule has 24 heavy (non-hydrogen) atoms. The van der Waals surface area contributed by atoms with Crippen LogP contribution in [0.2, 0.25) is 0 Å². The maximum Gasteiger partial charge on any atom is 0.113 e. The molecule has 1 heterocycles. The van der Waals surface area contributed by atoms with E-state index in [1.165, 1.54) is 0 Å². The topological polar surface area (TPSA) is 183 Å². The van der Waals surface area contributed by atoms with Gasteiger partial charge in [-0.15, -0.1) is 0 Å². The third kappa shape index (κ3) is 2.82. The number of carbonyl (C=O) groups is 1. The van der Waals surface area contributed by atoms with Crippen LogP contribution in [0.3, 0.4) is 0 Å². The average Bonchev–Trinajstić information content (AvgIpc) is 3.32. The summed E-state index contributed by atoms with van der Waals surface area (Å²) >= 11 is 0. The summed E-state index contributed by atoms with van der Waals surface area (Å²) in [6.45, 7) is -0.474. The minimum absolute atomic E-state index is 0.0655. The van der Waals surface area contributed by atoms with Gasteiger partial charge < -0.3 is 50.0 Å². The molecule has 10 nitrogen and oxygen atoms in total. The monoisotopic (exact) mass is 349 g/mol. The summed E-state index contributed by atoms with van der Waals surface area (Å²) < 4.78 is 10.6.